The molecule has 1 aromatic carbocycles. The maximum absolute atomic E-state index is 12.9. The van der Waals surface area contributed by atoms with Gasteiger partial charge in [0, 0.05) is 23.3 Å². The van der Waals surface area contributed by atoms with Gasteiger partial charge in [0.25, 0.3) is 0 Å². The molecule has 0 saturated heterocycles. The highest BCUT2D eigenvalue weighted by molar-refractivity contribution is 7.93. The van der Waals surface area contributed by atoms with Crippen LogP contribution in [-0.2, 0) is 16.4 Å². The number of pyridine rings is 1. The number of rotatable bonds is 7. The second kappa shape index (κ2) is 9.44. The molecule has 184 valence electrons. The molecule has 1 N–H and O–H groups in total. The first-order valence-electron chi connectivity index (χ1n) is 11.5. The van der Waals surface area contributed by atoms with Crippen LogP contribution >= 0.6 is 11.3 Å². The number of sulfone groups is 1. The first kappa shape index (κ1) is 24.1. The summed E-state index contributed by atoms with van der Waals surface area (Å²) in [6.07, 6.45) is 3.62. The molecule has 0 unspecified atom stereocenters. The molecular formula is C26H26N6O2S2. The summed E-state index contributed by atoms with van der Waals surface area (Å²) < 4.78 is 27.6. The molecular weight excluding hydrogens is 492 g/mol. The van der Waals surface area contributed by atoms with Gasteiger partial charge in [-0.1, -0.05) is 57.2 Å². The second-order valence-electron chi connectivity index (χ2n) is 9.67. The van der Waals surface area contributed by atoms with Crippen molar-refractivity contribution >= 4 is 32.5 Å². The zero-order valence-corrected chi connectivity index (χ0v) is 21.8. The Kier molecular flexibility index (Phi) is 6.31. The van der Waals surface area contributed by atoms with Gasteiger partial charge in [-0.3, -0.25) is 4.98 Å². The maximum atomic E-state index is 12.9. The third kappa shape index (κ3) is 5.14. The molecule has 4 aromatic heterocycles. The van der Waals surface area contributed by atoms with Gasteiger partial charge in [-0.2, -0.15) is 0 Å². The van der Waals surface area contributed by atoms with Crippen molar-refractivity contribution in [2.75, 3.05) is 11.1 Å². The first-order valence-corrected chi connectivity index (χ1v) is 14.0. The minimum absolute atomic E-state index is 0.0156. The van der Waals surface area contributed by atoms with E-state index in [0.717, 1.165) is 33.7 Å². The Morgan fingerprint density at radius 1 is 1.00 bits per heavy atom. The SMILES string of the molecule is CC(C)(C)CS(=O)(=O)c1nc(-c2nc(NCc3ccccn3)c3c(-c4ccccc4)ccn3n2)cs1. The summed E-state index contributed by atoms with van der Waals surface area (Å²) in [5.41, 5.74) is 3.76. The summed E-state index contributed by atoms with van der Waals surface area (Å²) in [4.78, 5) is 13.6. The Balaban J connectivity index is 1.58. The third-order valence-electron chi connectivity index (χ3n) is 5.36. The van der Waals surface area contributed by atoms with Crippen LogP contribution in [0.4, 0.5) is 5.82 Å². The molecule has 0 bridgehead atoms. The molecule has 0 radical (unpaired) electrons. The lowest BCUT2D eigenvalue weighted by molar-refractivity contribution is 0.461. The van der Waals surface area contributed by atoms with Crippen LogP contribution in [0, 0.1) is 5.41 Å². The van der Waals surface area contributed by atoms with Crippen LogP contribution in [-0.4, -0.2) is 38.7 Å². The number of fused-ring (bicyclic) bond motifs is 1. The highest BCUT2D eigenvalue weighted by Crippen LogP contribution is 2.32. The van der Waals surface area contributed by atoms with Crippen LogP contribution in [0.15, 0.2) is 76.7 Å². The number of nitrogens with zero attached hydrogens (tertiary/aromatic N) is 5. The summed E-state index contributed by atoms with van der Waals surface area (Å²) >= 11 is 1.10. The maximum Gasteiger partial charge on any atom is 0.209 e. The number of benzene rings is 1. The van der Waals surface area contributed by atoms with Crippen LogP contribution in [0.1, 0.15) is 26.5 Å². The van der Waals surface area contributed by atoms with Gasteiger partial charge in [0.15, 0.2) is 5.82 Å². The fourth-order valence-electron chi connectivity index (χ4n) is 3.92. The third-order valence-corrected chi connectivity index (χ3v) is 8.91. The van der Waals surface area contributed by atoms with Gasteiger partial charge in [0.1, 0.15) is 11.2 Å². The number of anilines is 1. The van der Waals surface area contributed by atoms with Crippen molar-refractivity contribution < 1.29 is 8.42 Å². The van der Waals surface area contributed by atoms with E-state index in [0.29, 0.717) is 23.9 Å². The highest BCUT2D eigenvalue weighted by Gasteiger charge is 2.27. The van der Waals surface area contributed by atoms with Crippen LogP contribution in [0.2, 0.25) is 0 Å². The lowest BCUT2D eigenvalue weighted by Gasteiger charge is -2.16. The molecule has 0 aliphatic rings. The van der Waals surface area contributed by atoms with Crippen molar-refractivity contribution in [3.63, 3.8) is 0 Å². The van der Waals surface area contributed by atoms with Crippen LogP contribution < -0.4 is 5.32 Å². The minimum Gasteiger partial charge on any atom is -0.363 e. The van der Waals surface area contributed by atoms with E-state index in [1.165, 1.54) is 0 Å². The molecule has 8 nitrogen and oxygen atoms in total. The zero-order valence-electron chi connectivity index (χ0n) is 20.2. The van der Waals surface area contributed by atoms with Crippen molar-refractivity contribution in [3.05, 3.63) is 78.1 Å². The number of nitrogens with one attached hydrogen (secondary N) is 1. The summed E-state index contributed by atoms with van der Waals surface area (Å²) in [7, 11) is -3.51. The van der Waals surface area contributed by atoms with Gasteiger partial charge < -0.3 is 5.32 Å². The zero-order chi connectivity index (χ0) is 25.3. The van der Waals surface area contributed by atoms with Crippen LogP contribution in [0.3, 0.4) is 0 Å². The van der Waals surface area contributed by atoms with Gasteiger partial charge in [-0.25, -0.2) is 22.9 Å². The second-order valence-corrected chi connectivity index (χ2v) is 12.7. The van der Waals surface area contributed by atoms with Crippen molar-refractivity contribution in [2.45, 2.75) is 31.7 Å². The fourth-order valence-corrected chi connectivity index (χ4v) is 6.85. The van der Waals surface area contributed by atoms with E-state index in [1.54, 1.807) is 16.1 Å². The van der Waals surface area contributed by atoms with Gasteiger partial charge in [-0.15, -0.1) is 16.4 Å². The lowest BCUT2D eigenvalue weighted by Crippen LogP contribution is -2.20. The average molecular weight is 519 g/mol. The average Bonchev–Trinajstić information content (AvgIpc) is 3.51. The monoisotopic (exact) mass is 518 g/mol. The number of thiazole rings is 1. The summed E-state index contributed by atoms with van der Waals surface area (Å²) in [5.74, 6) is 0.971. The van der Waals surface area contributed by atoms with Crippen molar-refractivity contribution in [2.24, 2.45) is 5.41 Å². The van der Waals surface area contributed by atoms with Gasteiger partial charge in [0.2, 0.25) is 20.0 Å². The molecule has 36 heavy (non-hydrogen) atoms. The largest absolute Gasteiger partial charge is 0.363 e. The van der Waals surface area contributed by atoms with E-state index in [-0.39, 0.29) is 15.5 Å². The topological polar surface area (TPSA) is 102 Å². The summed E-state index contributed by atoms with van der Waals surface area (Å²) in [5, 5.41) is 9.77. The van der Waals surface area contributed by atoms with Crippen molar-refractivity contribution in [3.8, 4) is 22.6 Å². The van der Waals surface area contributed by atoms with Crippen molar-refractivity contribution in [1.82, 2.24) is 24.6 Å². The van der Waals surface area contributed by atoms with E-state index >= 15 is 0 Å². The van der Waals surface area contributed by atoms with Crippen LogP contribution in [0.5, 0.6) is 0 Å². The van der Waals surface area contributed by atoms with Gasteiger partial charge in [-0.05, 0) is 29.2 Å². The Morgan fingerprint density at radius 3 is 2.50 bits per heavy atom. The van der Waals surface area contributed by atoms with E-state index in [9.17, 15) is 8.42 Å². The summed E-state index contributed by atoms with van der Waals surface area (Å²) in [6, 6.07) is 17.8. The predicted octanol–water partition coefficient (Wildman–Crippen LogP) is 5.35. The van der Waals surface area contributed by atoms with E-state index in [1.807, 2.05) is 81.6 Å². The molecule has 0 amide bonds. The Morgan fingerprint density at radius 2 is 1.78 bits per heavy atom. The van der Waals surface area contributed by atoms with Gasteiger partial charge >= 0.3 is 0 Å². The molecule has 0 aliphatic heterocycles. The summed E-state index contributed by atoms with van der Waals surface area (Å²) in [6.45, 7) is 6.15. The smallest absolute Gasteiger partial charge is 0.209 e. The quantitative estimate of drug-likeness (QED) is 0.310. The molecule has 0 spiro atoms. The number of hydrogen-bond acceptors (Lipinski definition) is 8. The van der Waals surface area contributed by atoms with Crippen molar-refractivity contribution in [1.29, 1.82) is 0 Å². The Labute approximate surface area is 214 Å². The minimum atomic E-state index is -3.51. The molecule has 0 saturated carbocycles. The van der Waals surface area contributed by atoms with E-state index in [4.69, 9.17) is 4.98 Å². The normalized spacial score (nSPS) is 12.2. The highest BCUT2D eigenvalue weighted by atomic mass is 32.2. The van der Waals surface area contributed by atoms with E-state index in [2.05, 4.69) is 20.4 Å². The number of hydrogen-bond donors (Lipinski definition) is 1. The Bertz CT molecular complexity index is 1610. The molecule has 4 heterocycles. The fraction of sp³-hybridized carbons (Fsp3) is 0.231. The first-order chi connectivity index (χ1) is 17.2. The number of aromatic nitrogens is 5. The predicted molar refractivity (Wildman–Crippen MR) is 143 cm³/mol. The van der Waals surface area contributed by atoms with Gasteiger partial charge in [0.05, 0.1) is 18.0 Å². The molecule has 0 fully saturated rings. The molecule has 5 aromatic rings. The van der Waals surface area contributed by atoms with E-state index < -0.39 is 9.84 Å². The lowest BCUT2D eigenvalue weighted by atomic mass is 10.0. The van der Waals surface area contributed by atoms with Crippen LogP contribution in [0.25, 0.3) is 28.2 Å². The molecule has 0 atom stereocenters. The Hall–Kier alpha value is -3.63. The molecule has 10 heteroatoms. The molecule has 5 rings (SSSR count). The molecule has 0 aliphatic carbocycles. The standard InChI is InChI=1S/C26H26N6O2S2/c1-26(2,3)17-36(33,34)25-29-21(16-35-25)23-30-24(28-15-19-11-7-8-13-27-19)22-20(12-14-32(22)31-23)18-9-5-4-6-10-18/h4-14,16H,15,17H2,1-3H3,(H,28,30,31).